The normalized spacial score (nSPS) is 31.4. The van der Waals surface area contributed by atoms with Gasteiger partial charge in [-0.1, -0.05) is 18.2 Å². The van der Waals surface area contributed by atoms with Crippen molar-refractivity contribution in [2.45, 2.75) is 44.0 Å². The maximum absolute atomic E-state index is 9.83. The summed E-state index contributed by atoms with van der Waals surface area (Å²) in [6.07, 6.45) is 2.73. The average Bonchev–Trinajstić information content (AvgIpc) is 2.87. The lowest BCUT2D eigenvalue weighted by Gasteiger charge is -2.38. The molecule has 1 aromatic carbocycles. The Morgan fingerprint density at radius 1 is 1.45 bits per heavy atom. The van der Waals surface area contributed by atoms with Gasteiger partial charge in [0.05, 0.1) is 18.3 Å². The third kappa shape index (κ3) is 2.97. The summed E-state index contributed by atoms with van der Waals surface area (Å²) in [4.78, 5) is 0. The average molecular weight is 294 g/mol. The van der Waals surface area contributed by atoms with E-state index in [1.807, 2.05) is 36.0 Å². The van der Waals surface area contributed by atoms with Crippen LogP contribution in [0.2, 0.25) is 0 Å². The zero-order valence-corrected chi connectivity index (χ0v) is 12.7. The molecule has 20 heavy (non-hydrogen) atoms. The molecule has 0 bridgehead atoms. The van der Waals surface area contributed by atoms with Gasteiger partial charge < -0.3 is 14.6 Å². The van der Waals surface area contributed by atoms with Crippen molar-refractivity contribution in [3.8, 4) is 5.75 Å². The number of hydrogen-bond acceptors (Lipinski definition) is 4. The quantitative estimate of drug-likeness (QED) is 0.929. The first-order valence-corrected chi connectivity index (χ1v) is 8.49. The first-order valence-electron chi connectivity index (χ1n) is 7.34. The van der Waals surface area contributed by atoms with E-state index in [1.165, 1.54) is 5.75 Å². The topological polar surface area (TPSA) is 38.7 Å². The fourth-order valence-electron chi connectivity index (χ4n) is 3.06. The van der Waals surface area contributed by atoms with Gasteiger partial charge in [0.25, 0.3) is 0 Å². The number of hydrogen-bond donors (Lipinski definition) is 1. The van der Waals surface area contributed by atoms with Crippen molar-refractivity contribution in [2.75, 3.05) is 18.1 Å². The van der Waals surface area contributed by atoms with Crippen LogP contribution in [0.3, 0.4) is 0 Å². The maximum Gasteiger partial charge on any atom is 0.125 e. The summed E-state index contributed by atoms with van der Waals surface area (Å²) in [6.45, 7) is 2.56. The van der Waals surface area contributed by atoms with Gasteiger partial charge >= 0.3 is 0 Å². The van der Waals surface area contributed by atoms with Crippen molar-refractivity contribution < 1.29 is 14.6 Å². The van der Waals surface area contributed by atoms with Crippen LogP contribution in [0.5, 0.6) is 5.75 Å². The second kappa shape index (κ2) is 5.96. The van der Waals surface area contributed by atoms with Crippen LogP contribution in [0.15, 0.2) is 24.3 Å². The fraction of sp³-hybridized carbons (Fsp3) is 0.625. The molecular weight excluding hydrogens is 272 g/mol. The molecule has 2 aliphatic rings. The largest absolute Gasteiger partial charge is 0.490 e. The van der Waals surface area contributed by atoms with E-state index in [4.69, 9.17) is 9.47 Å². The van der Waals surface area contributed by atoms with Gasteiger partial charge in [0.2, 0.25) is 0 Å². The summed E-state index contributed by atoms with van der Waals surface area (Å²) >= 11 is 1.98. The minimum atomic E-state index is -0.498. The lowest BCUT2D eigenvalue weighted by atomic mass is 9.91. The lowest BCUT2D eigenvalue weighted by molar-refractivity contribution is -0.0961. The Hall–Kier alpha value is -0.710. The van der Waals surface area contributed by atoms with Gasteiger partial charge in [0, 0.05) is 24.2 Å². The summed E-state index contributed by atoms with van der Waals surface area (Å²) in [5.74, 6) is 3.09. The molecule has 110 valence electrons. The number of aliphatic hydroxyl groups is 1. The molecule has 0 aliphatic carbocycles. The fourth-order valence-corrected chi connectivity index (χ4v) is 4.44. The zero-order valence-electron chi connectivity index (χ0n) is 11.9. The molecular formula is C16H22O3S. The minimum Gasteiger partial charge on any atom is -0.490 e. The van der Waals surface area contributed by atoms with Gasteiger partial charge in [-0.2, -0.15) is 11.8 Å². The number of aliphatic hydroxyl groups excluding tert-OH is 1. The predicted octanol–water partition coefficient (Wildman–Crippen LogP) is 3.17. The molecule has 1 aromatic rings. The van der Waals surface area contributed by atoms with Crippen molar-refractivity contribution in [1.29, 1.82) is 0 Å². The first-order chi connectivity index (χ1) is 9.69. The van der Waals surface area contributed by atoms with Gasteiger partial charge in [-0.25, -0.2) is 0 Å². The number of thioether (sulfide) groups is 1. The predicted molar refractivity (Wildman–Crippen MR) is 81.4 cm³/mol. The molecule has 3 atom stereocenters. The van der Waals surface area contributed by atoms with Crippen molar-refractivity contribution >= 4 is 11.8 Å². The Balaban J connectivity index is 1.71. The van der Waals surface area contributed by atoms with E-state index in [0.717, 1.165) is 42.9 Å². The summed E-state index contributed by atoms with van der Waals surface area (Å²) in [6, 6.07) is 7.78. The van der Waals surface area contributed by atoms with E-state index in [1.54, 1.807) is 6.92 Å². The molecule has 2 aliphatic heterocycles. The molecule has 2 unspecified atom stereocenters. The maximum atomic E-state index is 9.83. The molecule has 0 aromatic heterocycles. The highest BCUT2D eigenvalue weighted by Crippen LogP contribution is 2.39. The Bertz CT molecular complexity index is 455. The minimum absolute atomic E-state index is 0.0351. The highest BCUT2D eigenvalue weighted by molar-refractivity contribution is 7.99. The highest BCUT2D eigenvalue weighted by Gasteiger charge is 2.41. The van der Waals surface area contributed by atoms with Gasteiger partial charge in [0.15, 0.2) is 0 Å². The number of benzene rings is 1. The lowest BCUT2D eigenvalue weighted by Crippen LogP contribution is -2.43. The molecule has 1 spiro atoms. The third-order valence-electron chi connectivity index (χ3n) is 4.18. The molecule has 0 amide bonds. The second-order valence-corrected chi connectivity index (χ2v) is 6.89. The smallest absolute Gasteiger partial charge is 0.125 e. The molecule has 2 fully saturated rings. The third-order valence-corrected chi connectivity index (χ3v) is 5.40. The molecule has 2 heterocycles. The van der Waals surface area contributed by atoms with Gasteiger partial charge in [-0.15, -0.1) is 0 Å². The van der Waals surface area contributed by atoms with Crippen LogP contribution in [0.25, 0.3) is 0 Å². The van der Waals surface area contributed by atoms with Crippen LogP contribution < -0.4 is 4.74 Å². The van der Waals surface area contributed by atoms with Crippen molar-refractivity contribution in [3.05, 3.63) is 29.8 Å². The monoisotopic (exact) mass is 294 g/mol. The standard InChI is InChI=1S/C16H22O3S/c1-12(17)14-4-2-3-5-15(14)19-13-6-8-18-16(10-13)7-9-20-11-16/h2-5,12-13,17H,6-11H2,1H3/t12-,13?,16?/m1/s1. The van der Waals surface area contributed by atoms with E-state index in [2.05, 4.69) is 0 Å². The van der Waals surface area contributed by atoms with Gasteiger partial charge in [0.1, 0.15) is 11.9 Å². The molecule has 2 saturated heterocycles. The van der Waals surface area contributed by atoms with Crippen LogP contribution in [-0.2, 0) is 4.74 Å². The van der Waals surface area contributed by atoms with E-state index in [0.29, 0.717) is 0 Å². The Labute approximate surface area is 124 Å². The van der Waals surface area contributed by atoms with E-state index < -0.39 is 6.10 Å². The first kappa shape index (κ1) is 14.2. The second-order valence-electron chi connectivity index (χ2n) is 5.78. The van der Waals surface area contributed by atoms with Crippen LogP contribution in [-0.4, -0.2) is 34.9 Å². The summed E-state index contributed by atoms with van der Waals surface area (Å²) in [5, 5.41) is 9.83. The SMILES string of the molecule is C[C@@H](O)c1ccccc1OC1CCOC2(CCSC2)C1. The Morgan fingerprint density at radius 3 is 3.05 bits per heavy atom. The summed E-state index contributed by atoms with van der Waals surface area (Å²) in [7, 11) is 0. The highest BCUT2D eigenvalue weighted by atomic mass is 32.2. The number of rotatable bonds is 3. The van der Waals surface area contributed by atoms with E-state index >= 15 is 0 Å². The summed E-state index contributed by atoms with van der Waals surface area (Å²) in [5.41, 5.74) is 0.904. The molecule has 1 N–H and O–H groups in total. The zero-order chi connectivity index (χ0) is 14.0. The van der Waals surface area contributed by atoms with Gasteiger partial charge in [-0.3, -0.25) is 0 Å². The van der Waals surface area contributed by atoms with Crippen LogP contribution in [0, 0.1) is 0 Å². The van der Waals surface area contributed by atoms with Crippen LogP contribution in [0.4, 0.5) is 0 Å². The van der Waals surface area contributed by atoms with Crippen molar-refractivity contribution in [2.24, 2.45) is 0 Å². The molecule has 0 radical (unpaired) electrons. The Kier molecular flexibility index (Phi) is 4.24. The van der Waals surface area contributed by atoms with Gasteiger partial charge in [-0.05, 0) is 25.2 Å². The number of para-hydroxylation sites is 1. The molecule has 3 rings (SSSR count). The molecule has 0 saturated carbocycles. The van der Waals surface area contributed by atoms with Crippen molar-refractivity contribution in [3.63, 3.8) is 0 Å². The molecule has 3 nitrogen and oxygen atoms in total. The van der Waals surface area contributed by atoms with E-state index in [-0.39, 0.29) is 11.7 Å². The van der Waals surface area contributed by atoms with E-state index in [9.17, 15) is 5.11 Å². The van der Waals surface area contributed by atoms with Crippen molar-refractivity contribution in [1.82, 2.24) is 0 Å². The Morgan fingerprint density at radius 2 is 2.30 bits per heavy atom. The van der Waals surface area contributed by atoms with Crippen LogP contribution in [0.1, 0.15) is 37.9 Å². The molecule has 4 heteroatoms. The van der Waals surface area contributed by atoms with Crippen LogP contribution >= 0.6 is 11.8 Å². The number of ether oxygens (including phenoxy) is 2. The summed E-state index contributed by atoms with van der Waals surface area (Å²) < 4.78 is 12.2.